The number of hydrogen-bond donors (Lipinski definition) is 2. The smallest absolute Gasteiger partial charge is 0.229 e. The number of pyridine rings is 1. The van der Waals surface area contributed by atoms with Gasteiger partial charge in [0.1, 0.15) is 17.0 Å². The summed E-state index contributed by atoms with van der Waals surface area (Å²) < 4.78 is 29.3. The first-order valence-corrected chi connectivity index (χ1v) is 11.9. The lowest BCUT2D eigenvalue weighted by atomic mass is 10.1. The minimum atomic E-state index is -0.637. The van der Waals surface area contributed by atoms with Crippen molar-refractivity contribution in [3.05, 3.63) is 59.6 Å². The summed E-state index contributed by atoms with van der Waals surface area (Å²) in [4.78, 5) is 17.7. The molecule has 3 aromatic heterocycles. The maximum Gasteiger partial charge on any atom is 0.229 e. The molecule has 1 aliphatic rings. The van der Waals surface area contributed by atoms with Gasteiger partial charge in [0.2, 0.25) is 5.95 Å². The standard InChI is InChI=1S/C25H28F2N8/c1-3-21-18-11-17(12-19(26)24(18)33-32-21)23-20(27)14-29-25(31-23)30-22-6-5-16(13-28-22)15-35-9-7-34(4-2)8-10-35/h5-6,11-14H,3-4,7-10,15H2,1-2H3,(H,32,33)(H,28,29,30,31). The summed E-state index contributed by atoms with van der Waals surface area (Å²) in [6, 6.07) is 6.81. The molecular formula is C25H28F2N8. The van der Waals surface area contributed by atoms with Crippen molar-refractivity contribution in [1.29, 1.82) is 0 Å². The number of fused-ring (bicyclic) bond motifs is 1. The highest BCUT2D eigenvalue weighted by molar-refractivity contribution is 5.86. The topological polar surface area (TPSA) is 85.9 Å². The highest BCUT2D eigenvalue weighted by Gasteiger charge is 2.17. The summed E-state index contributed by atoms with van der Waals surface area (Å²) in [7, 11) is 0. The average molecular weight is 479 g/mol. The lowest BCUT2D eigenvalue weighted by Gasteiger charge is -2.33. The molecule has 4 aromatic rings. The first kappa shape index (κ1) is 23.3. The van der Waals surface area contributed by atoms with Crippen molar-refractivity contribution in [3.63, 3.8) is 0 Å². The summed E-state index contributed by atoms with van der Waals surface area (Å²) >= 11 is 0. The minimum Gasteiger partial charge on any atom is -0.309 e. The first-order valence-electron chi connectivity index (χ1n) is 11.9. The molecule has 0 radical (unpaired) electrons. The van der Waals surface area contributed by atoms with E-state index in [9.17, 15) is 8.78 Å². The van der Waals surface area contributed by atoms with Crippen LogP contribution in [0.15, 0.2) is 36.7 Å². The van der Waals surface area contributed by atoms with Crippen molar-refractivity contribution >= 4 is 22.7 Å². The Kier molecular flexibility index (Phi) is 6.65. The Morgan fingerprint density at radius 1 is 0.971 bits per heavy atom. The van der Waals surface area contributed by atoms with Crippen LogP contribution in [0.25, 0.3) is 22.2 Å². The van der Waals surface area contributed by atoms with Gasteiger partial charge in [-0.2, -0.15) is 5.10 Å². The van der Waals surface area contributed by atoms with Crippen molar-refractivity contribution < 1.29 is 8.78 Å². The number of H-pyrrole nitrogens is 1. The van der Waals surface area contributed by atoms with Crippen molar-refractivity contribution in [2.24, 2.45) is 0 Å². The number of rotatable bonds is 7. The third kappa shape index (κ3) is 4.98. The molecule has 8 nitrogen and oxygen atoms in total. The Labute approximate surface area is 202 Å². The molecule has 0 bridgehead atoms. The predicted molar refractivity (Wildman–Crippen MR) is 131 cm³/mol. The number of halogens is 2. The van der Waals surface area contributed by atoms with Crippen LogP contribution in [0.2, 0.25) is 0 Å². The molecule has 0 aliphatic carbocycles. The number of hydrogen-bond acceptors (Lipinski definition) is 7. The number of piperazine rings is 1. The van der Waals surface area contributed by atoms with Crippen LogP contribution in [-0.4, -0.2) is 67.7 Å². The summed E-state index contributed by atoms with van der Waals surface area (Å²) in [6.07, 6.45) is 3.55. The van der Waals surface area contributed by atoms with Crippen molar-refractivity contribution in [2.45, 2.75) is 26.8 Å². The molecule has 0 amide bonds. The normalized spacial score (nSPS) is 15.1. The van der Waals surface area contributed by atoms with E-state index in [1.54, 1.807) is 6.07 Å². The monoisotopic (exact) mass is 478 g/mol. The lowest BCUT2D eigenvalue weighted by molar-refractivity contribution is 0.132. The maximum absolute atomic E-state index is 14.6. The molecule has 0 saturated carbocycles. The minimum absolute atomic E-state index is 0.00870. The van der Waals surface area contributed by atoms with E-state index >= 15 is 0 Å². The molecule has 182 valence electrons. The van der Waals surface area contributed by atoms with Crippen LogP contribution < -0.4 is 5.32 Å². The maximum atomic E-state index is 14.6. The second-order valence-corrected chi connectivity index (χ2v) is 8.69. The molecule has 1 fully saturated rings. The number of anilines is 2. The Balaban J connectivity index is 1.32. The quantitative estimate of drug-likeness (QED) is 0.413. The van der Waals surface area contributed by atoms with Crippen molar-refractivity contribution in [1.82, 2.24) is 34.9 Å². The second kappa shape index (κ2) is 10.0. The summed E-state index contributed by atoms with van der Waals surface area (Å²) in [5.41, 5.74) is 2.46. The van der Waals surface area contributed by atoms with E-state index in [0.717, 1.165) is 56.7 Å². The molecule has 4 heterocycles. The molecule has 1 aromatic carbocycles. The van der Waals surface area contributed by atoms with Crippen LogP contribution >= 0.6 is 0 Å². The Hall–Kier alpha value is -3.50. The van der Waals surface area contributed by atoms with Gasteiger partial charge in [0.05, 0.1) is 6.20 Å². The molecular weight excluding hydrogens is 450 g/mol. The van der Waals surface area contributed by atoms with E-state index in [1.807, 2.05) is 25.3 Å². The molecule has 1 aliphatic heterocycles. The van der Waals surface area contributed by atoms with Crippen LogP contribution in [0.1, 0.15) is 25.1 Å². The van der Waals surface area contributed by atoms with Gasteiger partial charge in [0, 0.05) is 55.6 Å². The van der Waals surface area contributed by atoms with E-state index in [1.165, 1.54) is 6.07 Å². The van der Waals surface area contributed by atoms with Gasteiger partial charge in [-0.15, -0.1) is 0 Å². The lowest BCUT2D eigenvalue weighted by Crippen LogP contribution is -2.45. The second-order valence-electron chi connectivity index (χ2n) is 8.69. The third-order valence-electron chi connectivity index (χ3n) is 6.45. The zero-order valence-electron chi connectivity index (χ0n) is 19.9. The van der Waals surface area contributed by atoms with Gasteiger partial charge in [-0.1, -0.05) is 19.9 Å². The Morgan fingerprint density at radius 2 is 1.77 bits per heavy atom. The molecule has 5 rings (SSSR count). The Bertz CT molecular complexity index is 1310. The highest BCUT2D eigenvalue weighted by atomic mass is 19.1. The van der Waals surface area contributed by atoms with Crippen molar-refractivity contribution in [3.8, 4) is 11.3 Å². The fourth-order valence-electron chi connectivity index (χ4n) is 4.39. The molecule has 35 heavy (non-hydrogen) atoms. The Morgan fingerprint density at radius 3 is 2.49 bits per heavy atom. The average Bonchev–Trinajstić information content (AvgIpc) is 3.30. The van der Waals surface area contributed by atoms with Crippen LogP contribution in [0.4, 0.5) is 20.5 Å². The van der Waals surface area contributed by atoms with Gasteiger partial charge in [0.25, 0.3) is 0 Å². The molecule has 0 atom stereocenters. The predicted octanol–water partition coefficient (Wildman–Crippen LogP) is 4.14. The van der Waals surface area contributed by atoms with Gasteiger partial charge in [-0.05, 0) is 36.7 Å². The molecule has 0 unspecified atom stereocenters. The largest absolute Gasteiger partial charge is 0.309 e. The number of aromatic amines is 1. The van der Waals surface area contributed by atoms with Gasteiger partial charge in [0.15, 0.2) is 11.6 Å². The van der Waals surface area contributed by atoms with Gasteiger partial charge >= 0.3 is 0 Å². The van der Waals surface area contributed by atoms with E-state index in [4.69, 9.17) is 0 Å². The van der Waals surface area contributed by atoms with Crippen LogP contribution in [0, 0.1) is 11.6 Å². The zero-order valence-corrected chi connectivity index (χ0v) is 19.9. The highest BCUT2D eigenvalue weighted by Crippen LogP contribution is 2.29. The number of likely N-dealkylation sites (N-methyl/N-ethyl adjacent to an activating group) is 1. The van der Waals surface area contributed by atoms with E-state index in [-0.39, 0.29) is 17.2 Å². The van der Waals surface area contributed by atoms with Crippen LogP contribution in [0.5, 0.6) is 0 Å². The molecule has 1 saturated heterocycles. The van der Waals surface area contributed by atoms with Gasteiger partial charge in [-0.3, -0.25) is 10.00 Å². The zero-order chi connectivity index (χ0) is 24.4. The SMILES string of the molecule is CCc1[nH]nc2c(F)cc(-c3nc(Nc4ccc(CN5CCN(CC)CC5)cn4)ncc3F)cc12. The number of benzene rings is 1. The van der Waals surface area contributed by atoms with Crippen LogP contribution in [0.3, 0.4) is 0 Å². The number of aromatic nitrogens is 5. The third-order valence-corrected chi connectivity index (χ3v) is 6.45. The van der Waals surface area contributed by atoms with E-state index < -0.39 is 11.6 Å². The summed E-state index contributed by atoms with van der Waals surface area (Å²) in [5, 5.41) is 10.5. The van der Waals surface area contributed by atoms with E-state index in [0.29, 0.717) is 23.2 Å². The fraction of sp³-hybridized carbons (Fsp3) is 0.360. The molecule has 2 N–H and O–H groups in total. The number of nitrogens with one attached hydrogen (secondary N) is 2. The van der Waals surface area contributed by atoms with Gasteiger partial charge < -0.3 is 10.2 Å². The van der Waals surface area contributed by atoms with Crippen molar-refractivity contribution in [2.75, 3.05) is 38.0 Å². The molecule has 10 heteroatoms. The first-order chi connectivity index (χ1) is 17.0. The fourth-order valence-corrected chi connectivity index (χ4v) is 4.39. The van der Waals surface area contributed by atoms with E-state index in [2.05, 4.69) is 47.2 Å². The van der Waals surface area contributed by atoms with Crippen LogP contribution in [-0.2, 0) is 13.0 Å². The molecule has 0 spiro atoms. The van der Waals surface area contributed by atoms with Gasteiger partial charge in [-0.25, -0.2) is 23.7 Å². The summed E-state index contributed by atoms with van der Waals surface area (Å²) in [5.74, 6) is -0.441. The summed E-state index contributed by atoms with van der Waals surface area (Å²) in [6.45, 7) is 10.3. The number of aryl methyl sites for hydroxylation is 1. The number of nitrogens with zero attached hydrogens (tertiary/aromatic N) is 6.